The minimum Gasteiger partial charge on any atom is -0.481 e. The van der Waals surface area contributed by atoms with Gasteiger partial charge in [-0.3, -0.25) is 38.4 Å². The molecule has 0 saturated heterocycles. The average Bonchev–Trinajstić information content (AvgIpc) is 3.22. The van der Waals surface area contributed by atoms with Gasteiger partial charge in [0.1, 0.15) is 30.2 Å². The number of amides is 5. The average molecular weight is 871 g/mol. The van der Waals surface area contributed by atoms with Crippen LogP contribution in [0.4, 0.5) is 0 Å². The second-order valence-electron chi connectivity index (χ2n) is 14.9. The van der Waals surface area contributed by atoms with Gasteiger partial charge in [0.15, 0.2) is 0 Å². The third kappa shape index (κ3) is 16.5. The zero-order chi connectivity index (χ0) is 45.1. The Labute approximate surface area is 357 Å². The molecule has 1 fully saturated rings. The summed E-state index contributed by atoms with van der Waals surface area (Å²) in [5.41, 5.74) is 6.68. The first-order valence-corrected chi connectivity index (χ1v) is 20.5. The molecule has 0 heterocycles. The third-order valence-corrected chi connectivity index (χ3v) is 10.6. The second-order valence-corrected chi connectivity index (χ2v) is 15.2. The normalized spacial score (nSPS) is 15.7. The molecular formula is C41H54N6O13S. The molecule has 0 aliphatic heterocycles. The Hall–Kier alpha value is -6.02. The summed E-state index contributed by atoms with van der Waals surface area (Å²) in [6.07, 6.45) is 1.28. The largest absolute Gasteiger partial charge is 0.481 e. The van der Waals surface area contributed by atoms with Gasteiger partial charge in [-0.05, 0) is 36.3 Å². The molecule has 2 aromatic carbocycles. The summed E-state index contributed by atoms with van der Waals surface area (Å²) in [6.45, 7) is 0. The zero-order valence-electron chi connectivity index (χ0n) is 33.4. The molecule has 6 atom stereocenters. The molecule has 3 rings (SSSR count). The van der Waals surface area contributed by atoms with E-state index in [1.54, 1.807) is 60.7 Å². The number of hydrogen-bond donors (Lipinski definition) is 11. The van der Waals surface area contributed by atoms with Crippen molar-refractivity contribution in [1.29, 1.82) is 0 Å². The van der Waals surface area contributed by atoms with Crippen LogP contribution in [0.15, 0.2) is 60.7 Å². The van der Waals surface area contributed by atoms with Gasteiger partial charge in [0, 0.05) is 24.5 Å². The quantitative estimate of drug-likeness (QED) is 0.0614. The van der Waals surface area contributed by atoms with Gasteiger partial charge in [0.25, 0.3) is 0 Å². The Morgan fingerprint density at radius 2 is 1.02 bits per heavy atom. The van der Waals surface area contributed by atoms with E-state index in [9.17, 15) is 58.5 Å². The molecule has 1 aliphatic carbocycles. The summed E-state index contributed by atoms with van der Waals surface area (Å²) in [7, 11) is 0. The fourth-order valence-corrected chi connectivity index (χ4v) is 7.31. The highest BCUT2D eigenvalue weighted by molar-refractivity contribution is 7.80. The fraction of sp³-hybridized carbons (Fsp3) is 0.488. The SMILES string of the molecule is N[C@@H](CC(=O)O)C(=O)N[C@@H](CCC(=O)O)C(=O)N[C@H](C(=O)N[C@@H](CCC(=O)O)C(=O)N[C@@H](CC1CCCCC1)C(=O)N[C@H](CS)C(=O)O)C(c1ccccc1)c1ccccc1. The van der Waals surface area contributed by atoms with Crippen LogP contribution in [0, 0.1) is 5.92 Å². The van der Waals surface area contributed by atoms with Crippen molar-refractivity contribution < 1.29 is 63.6 Å². The van der Waals surface area contributed by atoms with E-state index in [0.29, 0.717) is 11.1 Å². The number of thiol groups is 1. The van der Waals surface area contributed by atoms with E-state index in [0.717, 1.165) is 32.1 Å². The Kier molecular flexibility index (Phi) is 20.2. The molecule has 0 radical (unpaired) electrons. The number of nitrogens with one attached hydrogen (secondary N) is 5. The lowest BCUT2D eigenvalue weighted by Gasteiger charge is -2.32. The van der Waals surface area contributed by atoms with Crippen molar-refractivity contribution in [3.63, 3.8) is 0 Å². The predicted molar refractivity (Wildman–Crippen MR) is 221 cm³/mol. The Balaban J connectivity index is 2.08. The molecule has 332 valence electrons. The van der Waals surface area contributed by atoms with Crippen LogP contribution in [0.2, 0.25) is 0 Å². The number of benzene rings is 2. The maximum Gasteiger partial charge on any atom is 0.327 e. The molecule has 0 spiro atoms. The van der Waals surface area contributed by atoms with Gasteiger partial charge in [-0.1, -0.05) is 92.8 Å². The number of nitrogens with two attached hydrogens (primary N) is 1. The fourth-order valence-electron chi connectivity index (χ4n) is 7.06. The number of rotatable bonds is 25. The van der Waals surface area contributed by atoms with Crippen molar-refractivity contribution in [2.24, 2.45) is 11.7 Å². The van der Waals surface area contributed by atoms with E-state index in [4.69, 9.17) is 10.8 Å². The molecule has 2 aromatic rings. The number of carbonyl (C=O) groups is 9. The van der Waals surface area contributed by atoms with Crippen LogP contribution in [-0.4, -0.2) is 116 Å². The molecule has 0 unspecified atom stereocenters. The summed E-state index contributed by atoms with van der Waals surface area (Å²) < 4.78 is 0. The highest BCUT2D eigenvalue weighted by Crippen LogP contribution is 2.30. The molecule has 1 saturated carbocycles. The first-order valence-electron chi connectivity index (χ1n) is 19.9. The zero-order valence-corrected chi connectivity index (χ0v) is 34.3. The van der Waals surface area contributed by atoms with Gasteiger partial charge in [0.2, 0.25) is 29.5 Å². The van der Waals surface area contributed by atoms with Gasteiger partial charge in [-0.15, -0.1) is 0 Å². The Morgan fingerprint density at radius 1 is 0.574 bits per heavy atom. The number of aliphatic carboxylic acids is 4. The van der Waals surface area contributed by atoms with Gasteiger partial charge < -0.3 is 52.7 Å². The van der Waals surface area contributed by atoms with Crippen molar-refractivity contribution in [3.8, 4) is 0 Å². The summed E-state index contributed by atoms with van der Waals surface area (Å²) in [5, 5.41) is 50.2. The lowest BCUT2D eigenvalue weighted by atomic mass is 9.84. The van der Waals surface area contributed by atoms with Crippen molar-refractivity contribution in [2.45, 2.75) is 113 Å². The van der Waals surface area contributed by atoms with E-state index in [-0.39, 0.29) is 18.1 Å². The van der Waals surface area contributed by atoms with Gasteiger partial charge in [-0.25, -0.2) is 4.79 Å². The molecule has 19 nitrogen and oxygen atoms in total. The maximum absolute atomic E-state index is 14.7. The smallest absolute Gasteiger partial charge is 0.327 e. The first-order chi connectivity index (χ1) is 29.0. The summed E-state index contributed by atoms with van der Waals surface area (Å²) >= 11 is 4.01. The Bertz CT molecular complexity index is 1810. The summed E-state index contributed by atoms with van der Waals surface area (Å²) in [5.74, 6) is -11.7. The lowest BCUT2D eigenvalue weighted by Crippen LogP contribution is -2.60. The summed E-state index contributed by atoms with van der Waals surface area (Å²) in [6, 6.07) is 7.52. The molecule has 0 bridgehead atoms. The maximum atomic E-state index is 14.7. The van der Waals surface area contributed by atoms with Crippen molar-refractivity contribution in [3.05, 3.63) is 71.8 Å². The molecule has 61 heavy (non-hydrogen) atoms. The van der Waals surface area contributed by atoms with Crippen molar-refractivity contribution in [2.75, 3.05) is 5.75 Å². The number of carboxylic acids is 4. The summed E-state index contributed by atoms with van der Waals surface area (Å²) in [4.78, 5) is 116. The van der Waals surface area contributed by atoms with E-state index in [2.05, 4.69) is 39.2 Å². The highest BCUT2D eigenvalue weighted by Gasteiger charge is 2.38. The topological polar surface area (TPSA) is 321 Å². The van der Waals surface area contributed by atoms with Crippen LogP contribution in [0.5, 0.6) is 0 Å². The van der Waals surface area contributed by atoms with Gasteiger partial charge in [-0.2, -0.15) is 12.6 Å². The van der Waals surface area contributed by atoms with E-state index in [1.807, 2.05) is 0 Å². The Morgan fingerprint density at radius 3 is 1.48 bits per heavy atom. The van der Waals surface area contributed by atoms with Crippen molar-refractivity contribution >= 4 is 66.0 Å². The number of carbonyl (C=O) groups excluding carboxylic acids is 5. The third-order valence-electron chi connectivity index (χ3n) is 10.2. The van der Waals surface area contributed by atoms with Crippen molar-refractivity contribution in [1.82, 2.24) is 26.6 Å². The minimum absolute atomic E-state index is 0.0125. The molecule has 0 aromatic heterocycles. The molecule has 5 amide bonds. The standard InChI is InChI=1S/C41H54N6O13S/c42-26(21-33(52)53)36(54)43-28(17-19-32(50)51)38(56)47-35(34(24-12-6-2-7-13-24)25-14-8-3-9-15-25)40(58)44-27(16-18-31(48)49)37(55)45-29(20-23-10-4-1-5-11-23)39(57)46-30(22-61)41(59)60/h2-3,6-9,12-15,23,26-30,34-35,61H,1,4-5,10-11,16-22,42H2,(H,43,54)(H,44,58)(H,45,55)(H,46,57)(H,47,56)(H,48,49)(H,50,51)(H,52,53)(H,59,60)/t26-,27-,28-,29-,30+,35-/m0/s1. The lowest BCUT2D eigenvalue weighted by molar-refractivity contribution is -0.142. The first kappa shape index (κ1) is 49.3. The second kappa shape index (κ2) is 24.9. The highest BCUT2D eigenvalue weighted by atomic mass is 32.1. The molecule has 1 aliphatic rings. The molecule has 20 heteroatoms. The van der Waals surface area contributed by atoms with Crippen LogP contribution in [0.25, 0.3) is 0 Å². The van der Waals surface area contributed by atoms with Gasteiger partial charge >= 0.3 is 23.9 Å². The van der Waals surface area contributed by atoms with Crippen LogP contribution in [-0.2, 0) is 43.2 Å². The van der Waals surface area contributed by atoms with Crippen LogP contribution in [0.3, 0.4) is 0 Å². The van der Waals surface area contributed by atoms with Crippen LogP contribution < -0.4 is 32.3 Å². The van der Waals surface area contributed by atoms with E-state index in [1.165, 1.54) is 0 Å². The van der Waals surface area contributed by atoms with Crippen LogP contribution in [0.1, 0.15) is 87.7 Å². The van der Waals surface area contributed by atoms with Crippen LogP contribution >= 0.6 is 12.6 Å². The molecule has 11 N–H and O–H groups in total. The van der Waals surface area contributed by atoms with E-state index < -0.39 is 128 Å². The monoisotopic (exact) mass is 870 g/mol. The predicted octanol–water partition coefficient (Wildman–Crippen LogP) is 0.759. The van der Waals surface area contributed by atoms with E-state index >= 15 is 0 Å². The molecular weight excluding hydrogens is 817 g/mol. The minimum atomic E-state index is -1.65. The number of carboxylic acid groups (broad SMARTS) is 4. The van der Waals surface area contributed by atoms with Gasteiger partial charge in [0.05, 0.1) is 12.5 Å². The number of hydrogen-bond acceptors (Lipinski definition) is 11.